The average molecular weight is 875 g/mol. The molecule has 0 N–H and O–H groups in total. The number of hydrogen-bond donors (Lipinski definition) is 0. The Balaban J connectivity index is 1.30. The van der Waals surface area contributed by atoms with Gasteiger partial charge in [0.15, 0.2) is 46.5 Å². The molecule has 9 aromatic rings. The second kappa shape index (κ2) is 13.2. The van der Waals surface area contributed by atoms with Crippen molar-refractivity contribution < 1.29 is 63.1 Å². The quantitative estimate of drug-likeness (QED) is 0.0441. The summed E-state index contributed by atoms with van der Waals surface area (Å²) >= 11 is 0. The maximum absolute atomic E-state index is 15.4. The molecule has 312 valence electrons. The maximum Gasteiger partial charge on any atom is 0.266 e. The van der Waals surface area contributed by atoms with Gasteiger partial charge in [-0.05, 0) is 78.8 Å². The fourth-order valence-electron chi connectivity index (χ4n) is 9.14. The van der Waals surface area contributed by atoms with Crippen LogP contribution in [0.25, 0.3) is 65.3 Å². The molecule has 2 aliphatic heterocycles. The summed E-state index contributed by atoms with van der Waals surface area (Å²) in [4.78, 5) is 57.6. The number of rotatable bonds is 4. The van der Waals surface area contributed by atoms with Gasteiger partial charge in [-0.3, -0.25) is 19.2 Å². The van der Waals surface area contributed by atoms with Gasteiger partial charge in [0.05, 0.1) is 0 Å². The lowest BCUT2D eigenvalue weighted by atomic mass is 9.77. The number of carbonyl (C=O) groups excluding carboxylic acids is 4. The fraction of sp³-hybridized carbons (Fsp3) is 0. The lowest BCUT2D eigenvalue weighted by Gasteiger charge is -2.32. The van der Waals surface area contributed by atoms with Gasteiger partial charge in [0, 0.05) is 33.0 Å². The van der Waals surface area contributed by atoms with Crippen molar-refractivity contribution in [1.82, 2.24) is 0 Å². The first-order chi connectivity index (χ1) is 30.6. The van der Waals surface area contributed by atoms with Gasteiger partial charge in [-0.1, -0.05) is 72.8 Å². The first-order valence-electron chi connectivity index (χ1n) is 18.8. The first kappa shape index (κ1) is 38.8. The molecular weight excluding hydrogens is 859 g/mol. The van der Waals surface area contributed by atoms with Gasteiger partial charge in [0.2, 0.25) is 11.6 Å². The number of carbonyl (C=O) groups is 4. The van der Waals surface area contributed by atoms with E-state index >= 15 is 17.6 Å². The molecule has 0 aromatic heterocycles. The lowest BCUT2D eigenvalue weighted by Crippen LogP contribution is -2.42. The van der Waals surface area contributed by atoms with Crippen LogP contribution in [0.2, 0.25) is 0 Å². The third kappa shape index (κ3) is 4.76. The Kier molecular flexibility index (Phi) is 7.99. The van der Waals surface area contributed by atoms with E-state index in [1.165, 1.54) is 36.4 Å². The third-order valence-electron chi connectivity index (χ3n) is 11.8. The summed E-state index contributed by atoms with van der Waals surface area (Å²) in [6, 6.07) is 24.1. The van der Waals surface area contributed by atoms with Gasteiger partial charge in [0.25, 0.3) is 23.6 Å². The summed E-state index contributed by atoms with van der Waals surface area (Å²) < 4.78 is 148. The van der Waals surface area contributed by atoms with Crippen LogP contribution in [0.5, 0.6) is 0 Å². The van der Waals surface area contributed by atoms with Crippen LogP contribution in [0.15, 0.2) is 97.1 Å². The highest BCUT2D eigenvalue weighted by atomic mass is 19.2. The zero-order valence-corrected chi connectivity index (χ0v) is 31.5. The molecule has 0 saturated heterocycles. The van der Waals surface area contributed by atoms with Crippen molar-refractivity contribution >= 4 is 78.1 Å². The van der Waals surface area contributed by atoms with Crippen molar-refractivity contribution in [3.05, 3.63) is 177 Å². The topological polar surface area (TPSA) is 74.8 Å². The van der Waals surface area contributed by atoms with E-state index < -0.39 is 93.2 Å². The molecule has 0 spiro atoms. The van der Waals surface area contributed by atoms with E-state index in [4.69, 9.17) is 0 Å². The standard InChI is InChI=1S/C48H16F10N2O4/c49-33-35(51)39(55)43(40(56)36(33)52)59-45(61)21-14-12-20-28-24(18-9-5-2-6-10-18)16-26-30-22(46(62)60(48(26)64)44-41(57)37(53)34(50)38(54)42(44)58)13-11-19(32(28)30)27-23(17-7-3-1-4-8-17)15-25(47(59)63)29(21)31(20)27/h1-16H. The van der Waals surface area contributed by atoms with E-state index in [9.17, 15) is 45.5 Å². The Morgan fingerprint density at radius 3 is 0.906 bits per heavy atom. The van der Waals surface area contributed by atoms with Gasteiger partial charge >= 0.3 is 0 Å². The van der Waals surface area contributed by atoms with E-state index in [1.54, 1.807) is 60.7 Å². The Bertz CT molecular complexity index is 3410. The molecule has 16 heteroatoms. The highest BCUT2D eigenvalue weighted by molar-refractivity contribution is 6.47. The number of amides is 4. The van der Waals surface area contributed by atoms with Crippen LogP contribution in [-0.2, 0) is 0 Å². The van der Waals surface area contributed by atoms with Crippen LogP contribution >= 0.6 is 0 Å². The minimum atomic E-state index is -2.51. The summed E-state index contributed by atoms with van der Waals surface area (Å²) in [6.07, 6.45) is 0. The molecule has 0 unspecified atom stereocenters. The monoisotopic (exact) mass is 874 g/mol. The number of anilines is 2. The Morgan fingerprint density at radius 1 is 0.281 bits per heavy atom. The SMILES string of the molecule is O=C1c2ccc3c4c(-c5ccccc5)cc5c6c(ccc(c7c(-c8ccccc8)cc(c2c37)C(=O)N1c1c(F)c(F)c(F)c(F)c1F)c64)C(=O)N(c1c(F)c(F)c(F)c(F)c1F)C5=O. The van der Waals surface area contributed by atoms with Gasteiger partial charge in [-0.15, -0.1) is 0 Å². The summed E-state index contributed by atoms with van der Waals surface area (Å²) in [5.41, 5.74) is -3.87. The van der Waals surface area contributed by atoms with Crippen LogP contribution in [0, 0.1) is 58.2 Å². The van der Waals surface area contributed by atoms with Crippen molar-refractivity contribution in [2.45, 2.75) is 0 Å². The number of nitrogens with zero attached hydrogens (tertiary/aromatic N) is 2. The zero-order chi connectivity index (χ0) is 44.9. The second-order valence-corrected chi connectivity index (χ2v) is 15.0. The van der Waals surface area contributed by atoms with E-state index in [1.807, 2.05) is 0 Å². The molecule has 9 aromatic carbocycles. The Hall–Kier alpha value is -8.14. The second-order valence-electron chi connectivity index (χ2n) is 15.0. The van der Waals surface area contributed by atoms with E-state index in [0.717, 1.165) is 0 Å². The van der Waals surface area contributed by atoms with Crippen molar-refractivity contribution in [2.24, 2.45) is 0 Å². The molecule has 4 amide bonds. The Morgan fingerprint density at radius 2 is 0.578 bits per heavy atom. The molecule has 0 aliphatic carbocycles. The number of hydrogen-bond acceptors (Lipinski definition) is 4. The van der Waals surface area contributed by atoms with Crippen molar-refractivity contribution in [3.8, 4) is 22.3 Å². The number of halogens is 10. The molecule has 0 atom stereocenters. The van der Waals surface area contributed by atoms with Crippen molar-refractivity contribution in [2.75, 3.05) is 9.80 Å². The summed E-state index contributed by atoms with van der Waals surface area (Å²) in [5, 5.41) is 1.31. The summed E-state index contributed by atoms with van der Waals surface area (Å²) in [7, 11) is 0. The highest BCUT2D eigenvalue weighted by Gasteiger charge is 2.44. The third-order valence-corrected chi connectivity index (χ3v) is 11.8. The van der Waals surface area contributed by atoms with Crippen LogP contribution in [0.4, 0.5) is 55.3 Å². The lowest BCUT2D eigenvalue weighted by molar-refractivity contribution is 0.0874. The molecule has 2 aliphatic rings. The molecule has 2 heterocycles. The molecule has 0 saturated carbocycles. The van der Waals surface area contributed by atoms with Crippen molar-refractivity contribution in [1.29, 1.82) is 0 Å². The predicted molar refractivity (Wildman–Crippen MR) is 213 cm³/mol. The molecule has 0 bridgehead atoms. The van der Waals surface area contributed by atoms with Crippen LogP contribution in [-0.4, -0.2) is 23.6 Å². The van der Waals surface area contributed by atoms with Gasteiger partial charge < -0.3 is 0 Å². The molecule has 11 rings (SSSR count). The van der Waals surface area contributed by atoms with Gasteiger partial charge in [0.1, 0.15) is 11.4 Å². The smallest absolute Gasteiger partial charge is 0.266 e. The van der Waals surface area contributed by atoms with Crippen molar-refractivity contribution in [3.63, 3.8) is 0 Å². The molecule has 64 heavy (non-hydrogen) atoms. The molecule has 0 radical (unpaired) electrons. The number of imide groups is 2. The maximum atomic E-state index is 15.4. The van der Waals surface area contributed by atoms with E-state index in [0.29, 0.717) is 11.1 Å². The van der Waals surface area contributed by atoms with Gasteiger partial charge in [-0.2, -0.15) is 0 Å². The normalized spacial score (nSPS) is 13.8. The van der Waals surface area contributed by atoms with Crippen LogP contribution < -0.4 is 9.80 Å². The minimum Gasteiger partial charge on any atom is -0.268 e. The average Bonchev–Trinajstić information content (AvgIpc) is 3.31. The molecule has 6 nitrogen and oxygen atoms in total. The summed E-state index contributed by atoms with van der Waals surface area (Å²) in [5.74, 6) is -30.1. The fourth-order valence-corrected chi connectivity index (χ4v) is 9.14. The Labute approximate surface area is 350 Å². The molecular formula is C48H16F10N2O4. The largest absolute Gasteiger partial charge is 0.268 e. The number of benzene rings is 9. The summed E-state index contributed by atoms with van der Waals surface area (Å²) in [6.45, 7) is 0. The van der Waals surface area contributed by atoms with Gasteiger partial charge in [-0.25, -0.2) is 53.7 Å². The molecule has 0 fully saturated rings. The van der Waals surface area contributed by atoms with Crippen LogP contribution in [0.3, 0.4) is 0 Å². The first-order valence-corrected chi connectivity index (χ1v) is 18.8. The zero-order valence-electron chi connectivity index (χ0n) is 31.5. The predicted octanol–water partition coefficient (Wildman–Crippen LogP) is 12.1. The van der Waals surface area contributed by atoms with E-state index in [2.05, 4.69) is 0 Å². The highest BCUT2D eigenvalue weighted by Crippen LogP contribution is 2.53. The van der Waals surface area contributed by atoms with E-state index in [-0.39, 0.29) is 86.3 Å². The minimum absolute atomic E-state index is 0.0787. The van der Waals surface area contributed by atoms with Crippen LogP contribution in [0.1, 0.15) is 41.4 Å². The number of fused-ring (bicyclic) bond motifs is 2.